The maximum atomic E-state index is 11.4. The number of furan rings is 1. The molecule has 0 radical (unpaired) electrons. The lowest BCUT2D eigenvalue weighted by Crippen LogP contribution is -2.27. The number of rotatable bonds is 3. The van der Waals surface area contributed by atoms with Gasteiger partial charge in [0.15, 0.2) is 5.60 Å². The molecule has 0 saturated carbocycles. The number of hydrogen-bond acceptors (Lipinski definition) is 3. The number of carbonyl (C=O) groups is 1. The molecule has 0 fully saturated rings. The van der Waals surface area contributed by atoms with E-state index in [1.165, 1.54) is 0 Å². The van der Waals surface area contributed by atoms with Crippen LogP contribution in [0.4, 0.5) is 0 Å². The van der Waals surface area contributed by atoms with Crippen molar-refractivity contribution in [3.05, 3.63) is 24.2 Å². The molecule has 78 valence electrons. The fourth-order valence-electron chi connectivity index (χ4n) is 1.04. The topological polar surface area (TPSA) is 39.4 Å². The molecule has 0 bridgehead atoms. The molecule has 1 aromatic heterocycles. The van der Waals surface area contributed by atoms with Gasteiger partial charge in [0.25, 0.3) is 0 Å². The third-order valence-corrected chi connectivity index (χ3v) is 1.94. The Morgan fingerprint density at radius 3 is 2.57 bits per heavy atom. The van der Waals surface area contributed by atoms with Gasteiger partial charge in [0.05, 0.1) is 12.2 Å². The molecule has 3 heteroatoms. The summed E-state index contributed by atoms with van der Waals surface area (Å²) >= 11 is 0. The Morgan fingerprint density at radius 1 is 1.50 bits per heavy atom. The molecule has 0 N–H and O–H groups in total. The fraction of sp³-hybridized carbons (Fsp3) is 0.545. The normalized spacial score (nSPS) is 11.8. The summed E-state index contributed by atoms with van der Waals surface area (Å²) in [6, 6.07) is 3.58. The average Bonchev–Trinajstić information content (AvgIpc) is 2.54. The highest BCUT2D eigenvalue weighted by Gasteiger charge is 2.28. The maximum absolute atomic E-state index is 11.4. The predicted molar refractivity (Wildman–Crippen MR) is 52.7 cm³/mol. The monoisotopic (exact) mass is 196 g/mol. The largest absolute Gasteiger partial charge is 0.465 e. The molecule has 0 aliphatic rings. The SMILES string of the molecule is CC(C)C(=O)OC(C)(C)c1ccco1. The number of carbonyl (C=O) groups excluding carboxylic acids is 1. The van der Waals surface area contributed by atoms with E-state index in [0.29, 0.717) is 5.76 Å². The molecule has 0 aliphatic carbocycles. The van der Waals surface area contributed by atoms with Crippen LogP contribution in [0.15, 0.2) is 22.8 Å². The van der Waals surface area contributed by atoms with E-state index < -0.39 is 5.60 Å². The van der Waals surface area contributed by atoms with E-state index >= 15 is 0 Å². The van der Waals surface area contributed by atoms with Crippen LogP contribution in [0.2, 0.25) is 0 Å². The summed E-state index contributed by atoms with van der Waals surface area (Å²) < 4.78 is 10.5. The second-order valence-electron chi connectivity index (χ2n) is 4.06. The molecular weight excluding hydrogens is 180 g/mol. The summed E-state index contributed by atoms with van der Waals surface area (Å²) in [6.45, 7) is 7.24. The van der Waals surface area contributed by atoms with Crippen LogP contribution in [0, 0.1) is 5.92 Å². The zero-order valence-electron chi connectivity index (χ0n) is 9.03. The summed E-state index contributed by atoms with van der Waals surface area (Å²) in [6.07, 6.45) is 1.57. The van der Waals surface area contributed by atoms with E-state index in [1.807, 2.05) is 13.8 Å². The number of ether oxygens (including phenoxy) is 1. The van der Waals surface area contributed by atoms with Gasteiger partial charge in [-0.05, 0) is 26.0 Å². The van der Waals surface area contributed by atoms with Crippen LogP contribution in [-0.4, -0.2) is 5.97 Å². The van der Waals surface area contributed by atoms with Gasteiger partial charge >= 0.3 is 5.97 Å². The molecule has 14 heavy (non-hydrogen) atoms. The third kappa shape index (κ3) is 2.37. The molecule has 3 nitrogen and oxygen atoms in total. The lowest BCUT2D eigenvalue weighted by molar-refractivity contribution is -0.163. The Kier molecular flexibility index (Phi) is 2.99. The molecule has 1 rings (SSSR count). The van der Waals surface area contributed by atoms with Gasteiger partial charge in [-0.2, -0.15) is 0 Å². The van der Waals surface area contributed by atoms with Gasteiger partial charge in [0.1, 0.15) is 5.76 Å². The van der Waals surface area contributed by atoms with Crippen molar-refractivity contribution < 1.29 is 13.9 Å². The Balaban J connectivity index is 2.72. The second kappa shape index (κ2) is 3.86. The van der Waals surface area contributed by atoms with Crippen LogP contribution in [0.25, 0.3) is 0 Å². The van der Waals surface area contributed by atoms with Gasteiger partial charge in [-0.15, -0.1) is 0 Å². The Labute approximate surface area is 84.1 Å². The quantitative estimate of drug-likeness (QED) is 0.698. The Bertz CT molecular complexity index is 296. The van der Waals surface area contributed by atoms with Crippen molar-refractivity contribution in [2.24, 2.45) is 5.92 Å². The summed E-state index contributed by atoms with van der Waals surface area (Å²) in [5, 5.41) is 0. The first-order chi connectivity index (χ1) is 6.43. The first-order valence-electron chi connectivity index (χ1n) is 4.70. The van der Waals surface area contributed by atoms with Crippen molar-refractivity contribution in [1.29, 1.82) is 0 Å². The highest BCUT2D eigenvalue weighted by molar-refractivity contribution is 5.72. The van der Waals surface area contributed by atoms with Gasteiger partial charge in [-0.3, -0.25) is 4.79 Å². The molecule has 0 atom stereocenters. The Morgan fingerprint density at radius 2 is 2.14 bits per heavy atom. The first-order valence-corrected chi connectivity index (χ1v) is 4.70. The van der Waals surface area contributed by atoms with Gasteiger partial charge < -0.3 is 9.15 Å². The summed E-state index contributed by atoms with van der Waals surface area (Å²) in [5.74, 6) is 0.321. The fourth-order valence-corrected chi connectivity index (χ4v) is 1.04. The molecule has 0 aromatic carbocycles. The van der Waals surface area contributed by atoms with Crippen molar-refractivity contribution in [3.63, 3.8) is 0 Å². The van der Waals surface area contributed by atoms with Crippen LogP contribution in [-0.2, 0) is 15.1 Å². The summed E-state index contributed by atoms with van der Waals surface area (Å²) in [5.41, 5.74) is -0.690. The second-order valence-corrected chi connectivity index (χ2v) is 4.06. The molecule has 0 amide bonds. The van der Waals surface area contributed by atoms with Gasteiger partial charge in [-0.1, -0.05) is 13.8 Å². The first kappa shape index (κ1) is 10.8. The molecule has 0 unspecified atom stereocenters. The van der Waals surface area contributed by atoms with Crippen LogP contribution in [0.1, 0.15) is 33.5 Å². The minimum atomic E-state index is -0.690. The minimum absolute atomic E-state index is 0.121. The number of hydrogen-bond donors (Lipinski definition) is 0. The van der Waals surface area contributed by atoms with Crippen molar-refractivity contribution in [1.82, 2.24) is 0 Å². The van der Waals surface area contributed by atoms with Crippen LogP contribution >= 0.6 is 0 Å². The van der Waals surface area contributed by atoms with E-state index in [4.69, 9.17) is 9.15 Å². The highest BCUT2D eigenvalue weighted by Crippen LogP contribution is 2.25. The Hall–Kier alpha value is -1.25. The van der Waals surface area contributed by atoms with Gasteiger partial charge in [-0.25, -0.2) is 0 Å². The van der Waals surface area contributed by atoms with E-state index in [9.17, 15) is 4.79 Å². The molecule has 1 heterocycles. The standard InChI is InChI=1S/C11H16O3/c1-8(2)10(12)14-11(3,4)9-6-5-7-13-9/h5-8H,1-4H3. The molecule has 0 saturated heterocycles. The molecular formula is C11H16O3. The van der Waals surface area contributed by atoms with Crippen LogP contribution in [0.3, 0.4) is 0 Å². The maximum Gasteiger partial charge on any atom is 0.309 e. The van der Waals surface area contributed by atoms with Crippen molar-refractivity contribution in [3.8, 4) is 0 Å². The van der Waals surface area contributed by atoms with Crippen molar-refractivity contribution >= 4 is 5.97 Å². The van der Waals surface area contributed by atoms with Crippen molar-refractivity contribution in [2.75, 3.05) is 0 Å². The smallest absolute Gasteiger partial charge is 0.309 e. The minimum Gasteiger partial charge on any atom is -0.465 e. The average molecular weight is 196 g/mol. The molecule has 0 spiro atoms. The molecule has 1 aromatic rings. The zero-order valence-corrected chi connectivity index (χ0v) is 9.03. The van der Waals surface area contributed by atoms with E-state index in [2.05, 4.69) is 0 Å². The lowest BCUT2D eigenvalue weighted by Gasteiger charge is -2.23. The summed E-state index contributed by atoms with van der Waals surface area (Å²) in [4.78, 5) is 11.4. The van der Waals surface area contributed by atoms with Crippen molar-refractivity contribution in [2.45, 2.75) is 33.3 Å². The van der Waals surface area contributed by atoms with Crippen LogP contribution in [0.5, 0.6) is 0 Å². The summed E-state index contributed by atoms with van der Waals surface area (Å²) in [7, 11) is 0. The number of esters is 1. The van der Waals surface area contributed by atoms with E-state index in [-0.39, 0.29) is 11.9 Å². The van der Waals surface area contributed by atoms with Gasteiger partial charge in [0, 0.05) is 0 Å². The zero-order chi connectivity index (χ0) is 10.8. The van der Waals surface area contributed by atoms with E-state index in [0.717, 1.165) is 0 Å². The third-order valence-electron chi connectivity index (χ3n) is 1.94. The molecule has 0 aliphatic heterocycles. The van der Waals surface area contributed by atoms with E-state index in [1.54, 1.807) is 32.2 Å². The van der Waals surface area contributed by atoms with Crippen LogP contribution < -0.4 is 0 Å². The van der Waals surface area contributed by atoms with Gasteiger partial charge in [0.2, 0.25) is 0 Å². The lowest BCUT2D eigenvalue weighted by atomic mass is 10.1. The highest BCUT2D eigenvalue weighted by atomic mass is 16.6. The predicted octanol–water partition coefficient (Wildman–Crippen LogP) is 2.71.